The zero-order valence-corrected chi connectivity index (χ0v) is 14.2. The normalized spacial score (nSPS) is 12.8. The molecule has 3 nitrogen and oxygen atoms in total. The van der Waals surface area contributed by atoms with E-state index in [1.165, 1.54) is 5.56 Å². The van der Waals surface area contributed by atoms with Gasteiger partial charge in [-0.15, -0.1) is 11.6 Å². The molecule has 0 heterocycles. The molecule has 0 saturated heterocycles. The maximum atomic E-state index is 11.9. The molecule has 1 rings (SSSR count). The van der Waals surface area contributed by atoms with Crippen molar-refractivity contribution in [1.29, 1.82) is 0 Å². The summed E-state index contributed by atoms with van der Waals surface area (Å²) >= 11 is 5.78. The van der Waals surface area contributed by atoms with Crippen molar-refractivity contribution in [3.05, 3.63) is 29.8 Å². The van der Waals surface area contributed by atoms with Crippen molar-refractivity contribution in [2.24, 2.45) is 5.41 Å². The van der Waals surface area contributed by atoms with Crippen LogP contribution in [0.25, 0.3) is 0 Å². The molecule has 0 spiro atoms. The zero-order chi connectivity index (χ0) is 15.9. The first-order valence-corrected chi connectivity index (χ1v) is 8.02. The Morgan fingerprint density at radius 1 is 1.33 bits per heavy atom. The van der Waals surface area contributed by atoms with Crippen LogP contribution in [0.5, 0.6) is 5.75 Å². The van der Waals surface area contributed by atoms with E-state index < -0.39 is 5.41 Å². The van der Waals surface area contributed by atoms with Gasteiger partial charge in [-0.1, -0.05) is 25.5 Å². The molecule has 0 aliphatic carbocycles. The molecule has 0 aliphatic rings. The van der Waals surface area contributed by atoms with Gasteiger partial charge in [0.25, 0.3) is 0 Å². The van der Waals surface area contributed by atoms with Crippen LogP contribution >= 0.6 is 11.6 Å². The number of rotatable bonds is 8. The van der Waals surface area contributed by atoms with Crippen LogP contribution in [-0.4, -0.2) is 24.4 Å². The van der Waals surface area contributed by atoms with E-state index in [2.05, 4.69) is 24.4 Å². The number of nitrogens with one attached hydrogen (secondary N) is 1. The Morgan fingerprint density at radius 2 is 1.95 bits per heavy atom. The lowest BCUT2D eigenvalue weighted by Gasteiger charge is -2.22. The minimum atomic E-state index is -0.553. The molecule has 1 aromatic carbocycles. The topological polar surface area (TPSA) is 38.3 Å². The third-order valence-corrected chi connectivity index (χ3v) is 3.97. The molecule has 4 heteroatoms. The van der Waals surface area contributed by atoms with Crippen molar-refractivity contribution in [2.75, 3.05) is 12.4 Å². The predicted octanol–water partition coefficient (Wildman–Crippen LogP) is 3.79. The van der Waals surface area contributed by atoms with Crippen molar-refractivity contribution < 1.29 is 9.53 Å². The first-order chi connectivity index (χ1) is 9.89. The Hall–Kier alpha value is -1.22. The van der Waals surface area contributed by atoms with E-state index in [1.807, 2.05) is 32.9 Å². The van der Waals surface area contributed by atoms with Gasteiger partial charge in [-0.05, 0) is 44.9 Å². The van der Waals surface area contributed by atoms with Gasteiger partial charge in [-0.3, -0.25) is 4.79 Å². The Labute approximate surface area is 133 Å². The number of amides is 1. The number of ether oxygens (including phenoxy) is 1. The Bertz CT molecular complexity index is 443. The van der Waals surface area contributed by atoms with E-state index in [-0.39, 0.29) is 12.0 Å². The number of benzene rings is 1. The zero-order valence-electron chi connectivity index (χ0n) is 13.4. The molecule has 118 valence electrons. The summed E-state index contributed by atoms with van der Waals surface area (Å²) in [7, 11) is 0. The Balaban J connectivity index is 2.43. The SMILES string of the molecule is CCCc1ccc(OC(C)CNC(=O)C(C)(C)CCl)cc1. The molecule has 0 aromatic heterocycles. The van der Waals surface area contributed by atoms with Crippen molar-refractivity contribution in [2.45, 2.75) is 46.6 Å². The second-order valence-corrected chi connectivity index (χ2v) is 6.32. The summed E-state index contributed by atoms with van der Waals surface area (Å²) in [6, 6.07) is 8.12. The minimum Gasteiger partial charge on any atom is -0.489 e. The number of hydrogen-bond donors (Lipinski definition) is 1. The van der Waals surface area contributed by atoms with Crippen LogP contribution < -0.4 is 10.1 Å². The van der Waals surface area contributed by atoms with Crippen LogP contribution in [0.1, 0.15) is 39.7 Å². The number of hydrogen-bond acceptors (Lipinski definition) is 2. The molecule has 0 saturated carbocycles. The summed E-state index contributed by atoms with van der Waals surface area (Å²) in [6.07, 6.45) is 2.13. The molecule has 0 aliphatic heterocycles. The smallest absolute Gasteiger partial charge is 0.226 e. The van der Waals surface area contributed by atoms with Crippen LogP contribution in [0.3, 0.4) is 0 Å². The van der Waals surface area contributed by atoms with Gasteiger partial charge in [0.15, 0.2) is 0 Å². The number of halogens is 1. The fourth-order valence-electron chi connectivity index (χ4n) is 1.83. The van der Waals surface area contributed by atoms with Gasteiger partial charge in [-0.25, -0.2) is 0 Å². The van der Waals surface area contributed by atoms with Crippen LogP contribution in [0, 0.1) is 5.41 Å². The van der Waals surface area contributed by atoms with Gasteiger partial charge in [0.05, 0.1) is 12.0 Å². The van der Waals surface area contributed by atoms with Gasteiger partial charge in [-0.2, -0.15) is 0 Å². The molecule has 1 N–H and O–H groups in total. The van der Waals surface area contributed by atoms with E-state index in [0.29, 0.717) is 12.4 Å². The van der Waals surface area contributed by atoms with Gasteiger partial charge >= 0.3 is 0 Å². The lowest BCUT2D eigenvalue weighted by Crippen LogP contribution is -2.42. The van der Waals surface area contributed by atoms with Crippen LogP contribution in [0.2, 0.25) is 0 Å². The molecule has 21 heavy (non-hydrogen) atoms. The molecular weight excluding hydrogens is 286 g/mol. The average molecular weight is 312 g/mol. The largest absolute Gasteiger partial charge is 0.489 e. The quantitative estimate of drug-likeness (QED) is 0.742. The Kier molecular flexibility index (Phi) is 7.03. The molecule has 0 radical (unpaired) electrons. The highest BCUT2D eigenvalue weighted by atomic mass is 35.5. The third-order valence-electron chi connectivity index (χ3n) is 3.30. The van der Waals surface area contributed by atoms with Crippen molar-refractivity contribution in [1.82, 2.24) is 5.32 Å². The highest BCUT2D eigenvalue weighted by Gasteiger charge is 2.26. The average Bonchev–Trinajstić information content (AvgIpc) is 2.47. The number of carbonyl (C=O) groups is 1. The fourth-order valence-corrected chi connectivity index (χ4v) is 1.96. The Morgan fingerprint density at radius 3 is 2.48 bits per heavy atom. The molecule has 1 unspecified atom stereocenters. The van der Waals surface area contributed by atoms with Crippen LogP contribution in [0.15, 0.2) is 24.3 Å². The monoisotopic (exact) mass is 311 g/mol. The molecule has 1 aromatic rings. The maximum Gasteiger partial charge on any atom is 0.226 e. The van der Waals surface area contributed by atoms with Gasteiger partial charge in [0.1, 0.15) is 11.9 Å². The van der Waals surface area contributed by atoms with Gasteiger partial charge in [0, 0.05) is 5.88 Å². The molecular formula is C17H26ClNO2. The standard InChI is InChI=1S/C17H26ClNO2/c1-5-6-14-7-9-15(10-8-14)21-13(2)11-19-16(20)17(3,4)12-18/h7-10,13H,5-6,11-12H2,1-4H3,(H,19,20). The summed E-state index contributed by atoms with van der Waals surface area (Å²) in [5, 5.41) is 2.88. The molecule has 0 bridgehead atoms. The number of alkyl halides is 1. The summed E-state index contributed by atoms with van der Waals surface area (Å²) in [5.74, 6) is 1.08. The minimum absolute atomic E-state index is 0.0498. The lowest BCUT2D eigenvalue weighted by molar-refractivity contribution is -0.128. The van der Waals surface area contributed by atoms with E-state index in [1.54, 1.807) is 0 Å². The third kappa shape index (κ3) is 5.96. The van der Waals surface area contributed by atoms with E-state index in [0.717, 1.165) is 18.6 Å². The van der Waals surface area contributed by atoms with Crippen LogP contribution in [0.4, 0.5) is 0 Å². The van der Waals surface area contributed by atoms with E-state index >= 15 is 0 Å². The highest BCUT2D eigenvalue weighted by molar-refractivity contribution is 6.19. The first-order valence-electron chi connectivity index (χ1n) is 7.49. The first kappa shape index (κ1) is 17.8. The summed E-state index contributed by atoms with van der Waals surface area (Å²) in [5.41, 5.74) is 0.762. The summed E-state index contributed by atoms with van der Waals surface area (Å²) in [4.78, 5) is 11.9. The molecule has 1 amide bonds. The van der Waals surface area contributed by atoms with Crippen molar-refractivity contribution in [3.8, 4) is 5.75 Å². The fraction of sp³-hybridized carbons (Fsp3) is 0.588. The second-order valence-electron chi connectivity index (χ2n) is 6.05. The predicted molar refractivity (Wildman–Crippen MR) is 88.0 cm³/mol. The second kappa shape index (κ2) is 8.28. The van der Waals surface area contributed by atoms with Gasteiger partial charge < -0.3 is 10.1 Å². The van der Waals surface area contributed by atoms with Crippen molar-refractivity contribution in [3.63, 3.8) is 0 Å². The van der Waals surface area contributed by atoms with Crippen LogP contribution in [-0.2, 0) is 11.2 Å². The lowest BCUT2D eigenvalue weighted by atomic mass is 9.95. The highest BCUT2D eigenvalue weighted by Crippen LogP contribution is 2.17. The molecule has 1 atom stereocenters. The number of aryl methyl sites for hydroxylation is 1. The maximum absolute atomic E-state index is 11.9. The summed E-state index contributed by atoms with van der Waals surface area (Å²) in [6.45, 7) is 8.22. The summed E-state index contributed by atoms with van der Waals surface area (Å²) < 4.78 is 5.80. The van der Waals surface area contributed by atoms with Gasteiger partial charge in [0.2, 0.25) is 5.91 Å². The van der Waals surface area contributed by atoms with E-state index in [4.69, 9.17) is 16.3 Å². The number of carbonyl (C=O) groups excluding carboxylic acids is 1. The molecule has 0 fully saturated rings. The van der Waals surface area contributed by atoms with E-state index in [9.17, 15) is 4.79 Å². The van der Waals surface area contributed by atoms with Crippen molar-refractivity contribution >= 4 is 17.5 Å².